The molecule has 3 aliphatic rings. The zero-order chi connectivity index (χ0) is 22.0. The van der Waals surface area contributed by atoms with E-state index in [4.69, 9.17) is 14.9 Å². The van der Waals surface area contributed by atoms with Crippen molar-refractivity contribution in [2.75, 3.05) is 36.5 Å². The fourth-order valence-electron chi connectivity index (χ4n) is 3.90. The van der Waals surface area contributed by atoms with Crippen LogP contribution in [0.15, 0.2) is 40.8 Å². The fourth-order valence-corrected chi connectivity index (χ4v) is 3.90. The first-order chi connectivity index (χ1) is 14.9. The second-order valence-electron chi connectivity index (χ2n) is 8.47. The largest absolute Gasteiger partial charge is 0.487 e. The lowest BCUT2D eigenvalue weighted by molar-refractivity contribution is -0.112. The quantitative estimate of drug-likeness (QED) is 0.500. The molecule has 4 rings (SSSR count). The first-order valence-corrected chi connectivity index (χ1v) is 10.6. The van der Waals surface area contributed by atoms with E-state index in [9.17, 15) is 4.79 Å². The molecule has 1 fully saturated rings. The molecule has 8 heteroatoms. The fraction of sp³-hybridized carbons (Fsp3) is 0.435. The molecule has 3 N–H and O–H groups in total. The Bertz CT molecular complexity index is 976. The summed E-state index contributed by atoms with van der Waals surface area (Å²) in [6, 6.07) is 4.04. The molecule has 1 aromatic carbocycles. The lowest BCUT2D eigenvalue weighted by Crippen LogP contribution is -2.37. The summed E-state index contributed by atoms with van der Waals surface area (Å²) >= 11 is 0. The van der Waals surface area contributed by atoms with Crippen molar-refractivity contribution in [1.82, 2.24) is 5.32 Å². The second-order valence-corrected chi connectivity index (χ2v) is 8.47. The van der Waals surface area contributed by atoms with Crippen LogP contribution in [0.2, 0.25) is 0 Å². The van der Waals surface area contributed by atoms with Gasteiger partial charge in [-0.3, -0.25) is 4.79 Å². The monoisotopic (exact) mass is 423 g/mol. The SMILES string of the molecule is CC(C)[C@@]1(C)Cc2cc(NC(=O)/C(C=N)=C3\N=CC=CN3)c(N3CCOCC3)cc2O1. The van der Waals surface area contributed by atoms with Gasteiger partial charge in [-0.05, 0) is 25.0 Å². The van der Waals surface area contributed by atoms with Crippen LogP contribution in [0.25, 0.3) is 0 Å². The maximum atomic E-state index is 13.1. The normalized spacial score (nSPS) is 23.8. The van der Waals surface area contributed by atoms with E-state index in [0.717, 1.165) is 42.7 Å². The Morgan fingerprint density at radius 3 is 2.77 bits per heavy atom. The highest BCUT2D eigenvalue weighted by molar-refractivity contribution is 6.18. The van der Waals surface area contributed by atoms with Crippen molar-refractivity contribution in [2.24, 2.45) is 10.9 Å². The van der Waals surface area contributed by atoms with E-state index >= 15 is 0 Å². The van der Waals surface area contributed by atoms with Crippen molar-refractivity contribution in [1.29, 1.82) is 5.41 Å². The number of allylic oxidation sites excluding steroid dienone is 1. The Morgan fingerprint density at radius 1 is 1.35 bits per heavy atom. The van der Waals surface area contributed by atoms with Crippen molar-refractivity contribution in [2.45, 2.75) is 32.8 Å². The van der Waals surface area contributed by atoms with E-state index in [0.29, 0.717) is 30.6 Å². The van der Waals surface area contributed by atoms with Gasteiger partial charge < -0.3 is 30.4 Å². The summed E-state index contributed by atoms with van der Waals surface area (Å²) < 4.78 is 11.9. The number of aliphatic imine (C=N–C) groups is 1. The molecule has 0 saturated carbocycles. The van der Waals surface area contributed by atoms with Gasteiger partial charge >= 0.3 is 0 Å². The van der Waals surface area contributed by atoms with Gasteiger partial charge in [-0.25, -0.2) is 4.99 Å². The average molecular weight is 424 g/mol. The van der Waals surface area contributed by atoms with Crippen molar-refractivity contribution >= 4 is 29.7 Å². The Labute approximate surface area is 182 Å². The van der Waals surface area contributed by atoms with Gasteiger partial charge in [0.05, 0.1) is 30.2 Å². The Morgan fingerprint density at radius 2 is 2.13 bits per heavy atom. The summed E-state index contributed by atoms with van der Waals surface area (Å²) in [6.07, 6.45) is 6.79. The highest BCUT2D eigenvalue weighted by atomic mass is 16.5. The molecule has 1 saturated heterocycles. The molecule has 1 aromatic rings. The number of rotatable bonds is 5. The molecule has 1 atom stereocenters. The number of carbonyl (C=O) groups is 1. The smallest absolute Gasteiger partial charge is 0.261 e. The van der Waals surface area contributed by atoms with Crippen LogP contribution >= 0.6 is 0 Å². The molecule has 0 unspecified atom stereocenters. The third-order valence-corrected chi connectivity index (χ3v) is 6.13. The van der Waals surface area contributed by atoms with Crippen molar-refractivity contribution in [3.63, 3.8) is 0 Å². The predicted octanol–water partition coefficient (Wildman–Crippen LogP) is 2.86. The van der Waals surface area contributed by atoms with Crippen LogP contribution in [-0.2, 0) is 16.0 Å². The van der Waals surface area contributed by atoms with Gasteiger partial charge in [0.15, 0.2) is 0 Å². The van der Waals surface area contributed by atoms with Gasteiger partial charge in [0.25, 0.3) is 5.91 Å². The zero-order valence-electron chi connectivity index (χ0n) is 18.2. The van der Waals surface area contributed by atoms with Crippen LogP contribution in [-0.4, -0.2) is 50.2 Å². The molecule has 31 heavy (non-hydrogen) atoms. The number of hydrogen-bond donors (Lipinski definition) is 3. The van der Waals surface area contributed by atoms with Crippen molar-refractivity contribution in [3.8, 4) is 5.75 Å². The summed E-state index contributed by atoms with van der Waals surface area (Å²) in [4.78, 5) is 19.4. The maximum Gasteiger partial charge on any atom is 0.261 e. The minimum atomic E-state index is -0.384. The maximum absolute atomic E-state index is 13.1. The number of amides is 1. The highest BCUT2D eigenvalue weighted by Gasteiger charge is 2.38. The molecule has 0 spiro atoms. The van der Waals surface area contributed by atoms with E-state index in [-0.39, 0.29) is 17.1 Å². The van der Waals surface area contributed by atoms with Crippen LogP contribution < -0.4 is 20.3 Å². The lowest BCUT2D eigenvalue weighted by Gasteiger charge is -2.31. The molecule has 8 nitrogen and oxygen atoms in total. The first-order valence-electron chi connectivity index (χ1n) is 10.6. The number of anilines is 2. The number of benzene rings is 1. The number of nitrogens with one attached hydrogen (secondary N) is 3. The lowest BCUT2D eigenvalue weighted by atomic mass is 9.88. The number of nitrogens with zero attached hydrogens (tertiary/aromatic N) is 2. The number of fused-ring (bicyclic) bond motifs is 1. The van der Waals surface area contributed by atoms with E-state index in [2.05, 4.69) is 41.3 Å². The molecule has 3 aliphatic heterocycles. The van der Waals surface area contributed by atoms with Crippen LogP contribution in [0, 0.1) is 11.3 Å². The van der Waals surface area contributed by atoms with Crippen LogP contribution in [0.1, 0.15) is 26.3 Å². The van der Waals surface area contributed by atoms with Gasteiger partial charge in [-0.1, -0.05) is 13.8 Å². The van der Waals surface area contributed by atoms with E-state index in [1.165, 1.54) is 0 Å². The van der Waals surface area contributed by atoms with Gasteiger partial charge in [-0.2, -0.15) is 0 Å². The molecular formula is C23H29N5O3. The summed E-state index contributed by atoms with van der Waals surface area (Å²) in [5, 5.41) is 13.7. The van der Waals surface area contributed by atoms with Gasteiger partial charge in [0, 0.05) is 49.8 Å². The van der Waals surface area contributed by atoms with Crippen LogP contribution in [0.4, 0.5) is 11.4 Å². The van der Waals surface area contributed by atoms with Gasteiger partial charge in [0.1, 0.15) is 17.2 Å². The predicted molar refractivity (Wildman–Crippen MR) is 122 cm³/mol. The molecule has 0 aromatic heterocycles. The van der Waals surface area contributed by atoms with Gasteiger partial charge in [0.2, 0.25) is 0 Å². The molecule has 164 valence electrons. The van der Waals surface area contributed by atoms with Crippen molar-refractivity contribution < 1.29 is 14.3 Å². The number of carbonyl (C=O) groups excluding carboxylic acids is 1. The summed E-state index contributed by atoms with van der Waals surface area (Å²) in [6.45, 7) is 9.18. The number of ether oxygens (including phenoxy) is 2. The standard InChI is InChI=1S/C23H29N5O3/c1-15(2)23(3)13-16-11-18(19(12-20(16)31-23)28-7-9-30-10-8-28)27-22(29)17(14-24)21-25-5-4-6-26-21/h4-6,11-12,14-15,24-25H,7-10,13H2,1-3H3,(H,27,29)/b21-17-,24-14?/t23-/m1/s1. The minimum absolute atomic E-state index is 0.164. The minimum Gasteiger partial charge on any atom is -0.487 e. The molecule has 1 amide bonds. The van der Waals surface area contributed by atoms with Crippen LogP contribution in [0.5, 0.6) is 5.75 Å². The highest BCUT2D eigenvalue weighted by Crippen LogP contribution is 2.44. The molecule has 3 heterocycles. The molecule has 0 bridgehead atoms. The number of morpholine rings is 1. The molecular weight excluding hydrogens is 394 g/mol. The van der Waals surface area contributed by atoms with Crippen molar-refractivity contribution in [3.05, 3.63) is 41.4 Å². The topological polar surface area (TPSA) is 99.0 Å². The summed E-state index contributed by atoms with van der Waals surface area (Å²) in [7, 11) is 0. The van der Waals surface area contributed by atoms with Gasteiger partial charge in [-0.15, -0.1) is 0 Å². The second kappa shape index (κ2) is 8.55. The Kier molecular flexibility index (Phi) is 5.82. The number of hydrogen-bond acceptors (Lipinski definition) is 7. The summed E-state index contributed by atoms with van der Waals surface area (Å²) in [5.74, 6) is 1.18. The first kappa shape index (κ1) is 21.1. The average Bonchev–Trinajstić information content (AvgIpc) is 3.11. The zero-order valence-corrected chi connectivity index (χ0v) is 18.2. The summed E-state index contributed by atoms with van der Waals surface area (Å²) in [5.41, 5.74) is 2.57. The molecule has 0 aliphatic carbocycles. The third kappa shape index (κ3) is 4.20. The molecule has 0 radical (unpaired) electrons. The van der Waals surface area contributed by atoms with Crippen LogP contribution in [0.3, 0.4) is 0 Å². The van der Waals surface area contributed by atoms with E-state index in [1.807, 2.05) is 12.1 Å². The van der Waals surface area contributed by atoms with E-state index < -0.39 is 0 Å². The third-order valence-electron chi connectivity index (χ3n) is 6.13. The Hall–Kier alpha value is -3.13. The van der Waals surface area contributed by atoms with E-state index in [1.54, 1.807) is 18.5 Å². The Balaban J connectivity index is 1.69.